The monoisotopic (exact) mass is 459 g/mol. The number of carbonyl (C=O) groups excluding carboxylic acids is 2. The Labute approximate surface area is 182 Å². The smallest absolute Gasteiger partial charge is 0.484 e. The zero-order valence-corrected chi connectivity index (χ0v) is 18.3. The molecule has 2 N–H and O–H groups in total. The first-order valence-electron chi connectivity index (χ1n) is 9.34. The lowest BCUT2D eigenvalue weighted by molar-refractivity contribution is -0.274. The second kappa shape index (κ2) is 9.99. The van der Waals surface area contributed by atoms with Crippen molar-refractivity contribution in [3.05, 3.63) is 40.3 Å². The predicted octanol–water partition coefficient (Wildman–Crippen LogP) is 3.90. The molecule has 0 spiro atoms. The number of rotatable bonds is 8. The number of aromatic nitrogens is 1. The first-order valence-corrected chi connectivity index (χ1v) is 10.2. The quantitative estimate of drug-likeness (QED) is 0.625. The molecule has 1 aromatic heterocycles. The molecule has 0 aliphatic carbocycles. The third-order valence-corrected chi connectivity index (χ3v) is 5.14. The van der Waals surface area contributed by atoms with Gasteiger partial charge < -0.3 is 20.1 Å². The molecule has 0 fully saturated rings. The van der Waals surface area contributed by atoms with Gasteiger partial charge in [-0.05, 0) is 36.6 Å². The van der Waals surface area contributed by atoms with E-state index in [0.717, 1.165) is 12.1 Å². The summed E-state index contributed by atoms with van der Waals surface area (Å²) in [6.07, 6.45) is -4.77. The van der Waals surface area contributed by atoms with Gasteiger partial charge in [-0.3, -0.25) is 9.59 Å². The van der Waals surface area contributed by atoms with Crippen LogP contribution >= 0.6 is 11.3 Å². The Hall–Kier alpha value is -2.82. The van der Waals surface area contributed by atoms with Crippen LogP contribution in [0.1, 0.15) is 43.2 Å². The van der Waals surface area contributed by atoms with Crippen LogP contribution < -0.4 is 20.1 Å². The van der Waals surface area contributed by atoms with E-state index in [0.29, 0.717) is 5.01 Å². The Morgan fingerprint density at radius 1 is 1.13 bits per heavy atom. The highest BCUT2D eigenvalue weighted by atomic mass is 32.1. The van der Waals surface area contributed by atoms with Crippen LogP contribution in [0.4, 0.5) is 13.2 Å². The fraction of sp³-hybridized carbons (Fsp3) is 0.450. The number of thiazole rings is 1. The topological polar surface area (TPSA) is 89.6 Å². The molecule has 170 valence electrons. The van der Waals surface area contributed by atoms with Gasteiger partial charge in [0, 0.05) is 11.4 Å². The fourth-order valence-electron chi connectivity index (χ4n) is 2.10. The minimum atomic E-state index is -4.77. The van der Waals surface area contributed by atoms with Crippen LogP contribution in [0.25, 0.3) is 0 Å². The Morgan fingerprint density at radius 2 is 1.74 bits per heavy atom. The number of nitrogens with zero attached hydrogens (tertiary/aromatic N) is 1. The van der Waals surface area contributed by atoms with Crippen LogP contribution in [0, 0.1) is 5.41 Å². The van der Waals surface area contributed by atoms with Crippen molar-refractivity contribution in [2.75, 3.05) is 6.61 Å². The highest BCUT2D eigenvalue weighted by molar-refractivity contribution is 7.09. The number of nitrogens with one attached hydrogen (secondary N) is 2. The molecule has 0 aliphatic rings. The normalized spacial score (nSPS) is 12.7. The molecule has 0 saturated carbocycles. The molecule has 31 heavy (non-hydrogen) atoms. The van der Waals surface area contributed by atoms with Gasteiger partial charge >= 0.3 is 6.36 Å². The van der Waals surface area contributed by atoms with E-state index in [-0.39, 0.29) is 47.7 Å². The van der Waals surface area contributed by atoms with Crippen LogP contribution in [-0.2, 0) is 11.3 Å². The second-order valence-corrected chi connectivity index (χ2v) is 8.71. The number of ether oxygens (including phenoxy) is 2. The van der Waals surface area contributed by atoms with Gasteiger partial charge in [-0.2, -0.15) is 0 Å². The van der Waals surface area contributed by atoms with Crippen molar-refractivity contribution >= 4 is 23.2 Å². The number of hydrogen-bond acceptors (Lipinski definition) is 6. The molecule has 2 rings (SSSR count). The molecular weight excluding hydrogens is 435 g/mol. The lowest BCUT2D eigenvalue weighted by Crippen LogP contribution is -2.41. The van der Waals surface area contributed by atoms with E-state index in [1.165, 1.54) is 23.5 Å². The van der Waals surface area contributed by atoms with Crippen molar-refractivity contribution in [1.82, 2.24) is 15.6 Å². The molecule has 7 nitrogen and oxygen atoms in total. The maximum absolute atomic E-state index is 12.3. The molecular formula is C20H24F3N3O4S. The molecule has 2 amide bonds. The number of amides is 2. The number of benzene rings is 1. The van der Waals surface area contributed by atoms with Crippen LogP contribution in [0.15, 0.2) is 29.6 Å². The SMILES string of the molecule is C[C@@H](NC(=O)c1csc(CNC(=O)COc2ccc(OC(F)(F)F)cc2)n1)C(C)(C)C. The lowest BCUT2D eigenvalue weighted by Gasteiger charge is -2.27. The maximum atomic E-state index is 12.3. The highest BCUT2D eigenvalue weighted by Crippen LogP contribution is 2.24. The minimum Gasteiger partial charge on any atom is -0.484 e. The van der Waals surface area contributed by atoms with Crippen LogP contribution in [0.3, 0.4) is 0 Å². The summed E-state index contributed by atoms with van der Waals surface area (Å²) in [5.41, 5.74) is 0.191. The van der Waals surface area contributed by atoms with Gasteiger partial charge in [-0.1, -0.05) is 20.8 Å². The summed E-state index contributed by atoms with van der Waals surface area (Å²) in [7, 11) is 0. The fourth-order valence-corrected chi connectivity index (χ4v) is 2.81. The number of carbonyl (C=O) groups is 2. The zero-order valence-electron chi connectivity index (χ0n) is 17.5. The number of alkyl halides is 3. The first kappa shape index (κ1) is 24.4. The molecule has 0 unspecified atom stereocenters. The standard InChI is InChI=1S/C20H24F3N3O4S/c1-12(19(2,3)4)25-18(28)15-11-31-17(26-15)9-24-16(27)10-29-13-5-7-14(8-6-13)30-20(21,22)23/h5-8,11-12H,9-10H2,1-4H3,(H,24,27)(H,25,28)/t12-/m1/s1. The second-order valence-electron chi connectivity index (χ2n) is 7.77. The molecule has 0 radical (unpaired) electrons. The highest BCUT2D eigenvalue weighted by Gasteiger charge is 2.31. The van der Waals surface area contributed by atoms with Crippen molar-refractivity contribution in [2.45, 2.75) is 46.6 Å². The number of halogens is 3. The largest absolute Gasteiger partial charge is 0.573 e. The molecule has 1 atom stereocenters. The summed E-state index contributed by atoms with van der Waals surface area (Å²) in [4.78, 5) is 28.4. The van der Waals surface area contributed by atoms with Gasteiger partial charge in [0.25, 0.3) is 11.8 Å². The maximum Gasteiger partial charge on any atom is 0.573 e. The molecule has 0 saturated heterocycles. The van der Waals surface area contributed by atoms with Gasteiger partial charge in [-0.15, -0.1) is 24.5 Å². The summed E-state index contributed by atoms with van der Waals surface area (Å²) in [5.74, 6) is -0.897. The Morgan fingerprint density at radius 3 is 2.32 bits per heavy atom. The Kier molecular flexibility index (Phi) is 7.88. The van der Waals surface area contributed by atoms with E-state index in [4.69, 9.17) is 4.74 Å². The number of hydrogen-bond donors (Lipinski definition) is 2. The van der Waals surface area contributed by atoms with Gasteiger partial charge in [0.1, 0.15) is 22.2 Å². The molecule has 1 heterocycles. The lowest BCUT2D eigenvalue weighted by atomic mass is 9.88. The third-order valence-electron chi connectivity index (χ3n) is 4.30. The zero-order chi connectivity index (χ0) is 23.2. The molecule has 0 aliphatic heterocycles. The van der Waals surface area contributed by atoms with Crippen LogP contribution in [0.2, 0.25) is 0 Å². The average Bonchev–Trinajstić information content (AvgIpc) is 3.13. The summed E-state index contributed by atoms with van der Waals surface area (Å²) < 4.78 is 45.4. The first-order chi connectivity index (χ1) is 14.3. The van der Waals surface area contributed by atoms with E-state index in [9.17, 15) is 22.8 Å². The summed E-state index contributed by atoms with van der Waals surface area (Å²) >= 11 is 1.24. The average molecular weight is 459 g/mol. The molecule has 2 aromatic rings. The third kappa shape index (κ3) is 8.44. The van der Waals surface area contributed by atoms with Gasteiger partial charge in [-0.25, -0.2) is 4.98 Å². The van der Waals surface area contributed by atoms with E-state index >= 15 is 0 Å². The van der Waals surface area contributed by atoms with E-state index < -0.39 is 12.3 Å². The summed E-state index contributed by atoms with van der Waals surface area (Å²) in [6.45, 7) is 7.77. The minimum absolute atomic E-state index is 0.0453. The van der Waals surface area contributed by atoms with Crippen molar-refractivity contribution in [3.8, 4) is 11.5 Å². The summed E-state index contributed by atoms with van der Waals surface area (Å²) in [6, 6.07) is 4.65. The van der Waals surface area contributed by atoms with E-state index in [2.05, 4.69) is 20.4 Å². The van der Waals surface area contributed by atoms with Gasteiger partial charge in [0.2, 0.25) is 0 Å². The van der Waals surface area contributed by atoms with Crippen LogP contribution in [-0.4, -0.2) is 35.8 Å². The van der Waals surface area contributed by atoms with Gasteiger partial charge in [0.05, 0.1) is 6.54 Å². The Balaban J connectivity index is 1.77. The van der Waals surface area contributed by atoms with E-state index in [1.54, 1.807) is 5.38 Å². The summed E-state index contributed by atoms with van der Waals surface area (Å²) in [5, 5.41) is 7.67. The van der Waals surface area contributed by atoms with Crippen molar-refractivity contribution in [2.24, 2.45) is 5.41 Å². The van der Waals surface area contributed by atoms with Crippen LogP contribution in [0.5, 0.6) is 11.5 Å². The molecule has 11 heteroatoms. The van der Waals surface area contributed by atoms with Gasteiger partial charge in [0.15, 0.2) is 6.61 Å². The van der Waals surface area contributed by atoms with Crippen molar-refractivity contribution in [3.63, 3.8) is 0 Å². The Bertz CT molecular complexity index is 892. The van der Waals surface area contributed by atoms with E-state index in [1.807, 2.05) is 27.7 Å². The van der Waals surface area contributed by atoms with Crippen molar-refractivity contribution < 1.29 is 32.2 Å². The molecule has 1 aromatic carbocycles. The predicted molar refractivity (Wildman–Crippen MR) is 109 cm³/mol. The van der Waals surface area contributed by atoms with Crippen molar-refractivity contribution in [1.29, 1.82) is 0 Å². The molecule has 0 bridgehead atoms.